The second kappa shape index (κ2) is 11.4. The molecular formula is C32H32F4O2. The molecule has 3 atom stereocenters. The first kappa shape index (κ1) is 26.6. The minimum absolute atomic E-state index is 0.171. The standard InChI is InChI=1S/C32H32F4O2/c1-2-3-27(37)22-12-10-21(11-13-22)24-15-14-23(29(33)30(24)34)9-6-19-4-7-20(8-5-19)25-16-17-26(28-18-38-28)32(36)31(25)35/h4-5,7-8,10,14-17,22,27-28,37H,2-3,6,9,11-13,18H2,1H3. The topological polar surface area (TPSA) is 32.8 Å². The fourth-order valence-corrected chi connectivity index (χ4v) is 5.40. The number of hydrogen-bond acceptors (Lipinski definition) is 2. The molecule has 0 spiro atoms. The maximum atomic E-state index is 15.0. The number of allylic oxidation sites excluding steroid dienone is 2. The Hall–Kier alpha value is -2.96. The Kier molecular flexibility index (Phi) is 8.01. The highest BCUT2D eigenvalue weighted by Gasteiger charge is 2.30. The normalized spacial score (nSPS) is 19.8. The average Bonchev–Trinajstić information content (AvgIpc) is 3.77. The van der Waals surface area contributed by atoms with Gasteiger partial charge in [0.1, 0.15) is 6.10 Å². The molecule has 1 heterocycles. The van der Waals surface area contributed by atoms with Gasteiger partial charge in [-0.15, -0.1) is 0 Å². The van der Waals surface area contributed by atoms with Crippen LogP contribution in [0.4, 0.5) is 17.6 Å². The zero-order valence-electron chi connectivity index (χ0n) is 21.5. The molecule has 0 saturated carbocycles. The van der Waals surface area contributed by atoms with Crippen molar-refractivity contribution in [3.8, 4) is 11.1 Å². The molecule has 200 valence electrons. The molecule has 5 rings (SSSR count). The molecule has 0 bridgehead atoms. The number of halogens is 4. The van der Waals surface area contributed by atoms with Crippen LogP contribution in [-0.4, -0.2) is 17.8 Å². The van der Waals surface area contributed by atoms with Gasteiger partial charge in [-0.1, -0.05) is 68.0 Å². The molecule has 1 saturated heterocycles. The summed E-state index contributed by atoms with van der Waals surface area (Å²) in [5.74, 6) is -3.26. The van der Waals surface area contributed by atoms with Gasteiger partial charge in [0.15, 0.2) is 23.3 Å². The van der Waals surface area contributed by atoms with Gasteiger partial charge in [0.2, 0.25) is 0 Å². The lowest BCUT2D eigenvalue weighted by Crippen LogP contribution is -2.22. The maximum Gasteiger partial charge on any atom is 0.167 e. The third kappa shape index (κ3) is 5.57. The Morgan fingerprint density at radius 3 is 2.24 bits per heavy atom. The molecule has 1 fully saturated rings. The van der Waals surface area contributed by atoms with Crippen LogP contribution in [0.3, 0.4) is 0 Å². The van der Waals surface area contributed by atoms with E-state index in [-0.39, 0.29) is 29.3 Å². The van der Waals surface area contributed by atoms with E-state index in [4.69, 9.17) is 4.74 Å². The summed E-state index contributed by atoms with van der Waals surface area (Å²) in [5, 5.41) is 10.2. The van der Waals surface area contributed by atoms with Gasteiger partial charge in [-0.25, -0.2) is 17.6 Å². The summed E-state index contributed by atoms with van der Waals surface area (Å²) in [7, 11) is 0. The molecule has 2 aliphatic rings. The molecule has 0 amide bonds. The van der Waals surface area contributed by atoms with Gasteiger partial charge in [-0.05, 0) is 66.7 Å². The van der Waals surface area contributed by atoms with E-state index in [9.17, 15) is 18.3 Å². The molecule has 0 radical (unpaired) electrons. The molecule has 38 heavy (non-hydrogen) atoms. The highest BCUT2D eigenvalue weighted by molar-refractivity contribution is 5.67. The molecule has 0 aromatic heterocycles. The van der Waals surface area contributed by atoms with E-state index >= 15 is 4.39 Å². The lowest BCUT2D eigenvalue weighted by molar-refractivity contribution is 0.0934. The predicted octanol–water partition coefficient (Wildman–Crippen LogP) is 8.11. The second-order valence-electron chi connectivity index (χ2n) is 10.4. The van der Waals surface area contributed by atoms with Crippen LogP contribution in [-0.2, 0) is 17.6 Å². The van der Waals surface area contributed by atoms with Crippen molar-refractivity contribution in [2.75, 3.05) is 6.61 Å². The van der Waals surface area contributed by atoms with Gasteiger partial charge < -0.3 is 9.84 Å². The fraction of sp³-hybridized carbons (Fsp3) is 0.375. The molecule has 6 heteroatoms. The van der Waals surface area contributed by atoms with Gasteiger partial charge in [0.25, 0.3) is 0 Å². The SMILES string of the molecule is CCCC(O)C1CC=C(c2ccc(CCc3ccc(-c4ccc(C5CO5)c(F)c4F)cc3)c(F)c2F)CC1. The number of benzene rings is 3. The Balaban J connectivity index is 1.24. The number of ether oxygens (including phenoxy) is 1. The molecule has 3 aromatic rings. The highest BCUT2D eigenvalue weighted by Crippen LogP contribution is 2.37. The number of aliphatic hydroxyl groups is 1. The van der Waals surface area contributed by atoms with Crippen molar-refractivity contribution in [2.45, 2.75) is 64.1 Å². The first-order chi connectivity index (χ1) is 18.4. The van der Waals surface area contributed by atoms with Crippen molar-refractivity contribution in [1.82, 2.24) is 0 Å². The Morgan fingerprint density at radius 1 is 0.868 bits per heavy atom. The molecule has 1 aliphatic heterocycles. The highest BCUT2D eigenvalue weighted by atomic mass is 19.2. The van der Waals surface area contributed by atoms with Crippen molar-refractivity contribution in [2.24, 2.45) is 5.92 Å². The van der Waals surface area contributed by atoms with Crippen molar-refractivity contribution in [3.63, 3.8) is 0 Å². The minimum Gasteiger partial charge on any atom is -0.393 e. The van der Waals surface area contributed by atoms with Gasteiger partial charge in [-0.2, -0.15) is 0 Å². The lowest BCUT2D eigenvalue weighted by atomic mass is 9.82. The summed E-state index contributed by atoms with van der Waals surface area (Å²) in [6.45, 7) is 2.44. The summed E-state index contributed by atoms with van der Waals surface area (Å²) in [6, 6.07) is 13.4. The first-order valence-corrected chi connectivity index (χ1v) is 13.4. The van der Waals surface area contributed by atoms with E-state index in [1.807, 2.05) is 13.0 Å². The van der Waals surface area contributed by atoms with Crippen LogP contribution in [0, 0.1) is 29.2 Å². The largest absolute Gasteiger partial charge is 0.393 e. The molecule has 1 N–H and O–H groups in total. The monoisotopic (exact) mass is 524 g/mol. The number of aryl methyl sites for hydroxylation is 2. The third-order valence-electron chi connectivity index (χ3n) is 7.83. The van der Waals surface area contributed by atoms with Crippen LogP contribution in [0.5, 0.6) is 0 Å². The summed E-state index contributed by atoms with van der Waals surface area (Å²) < 4.78 is 64.0. The van der Waals surface area contributed by atoms with Gasteiger partial charge >= 0.3 is 0 Å². The quantitative estimate of drug-likeness (QED) is 0.227. The van der Waals surface area contributed by atoms with Crippen LogP contribution < -0.4 is 0 Å². The number of aliphatic hydroxyl groups excluding tert-OH is 1. The third-order valence-corrected chi connectivity index (χ3v) is 7.83. The van der Waals surface area contributed by atoms with Crippen molar-refractivity contribution < 1.29 is 27.4 Å². The lowest BCUT2D eigenvalue weighted by Gasteiger charge is -2.26. The minimum atomic E-state index is -0.899. The van der Waals surface area contributed by atoms with E-state index in [1.165, 1.54) is 0 Å². The van der Waals surface area contributed by atoms with Crippen molar-refractivity contribution in [1.29, 1.82) is 0 Å². The van der Waals surface area contributed by atoms with E-state index < -0.39 is 23.3 Å². The van der Waals surface area contributed by atoms with E-state index in [2.05, 4.69) is 0 Å². The van der Waals surface area contributed by atoms with Crippen molar-refractivity contribution in [3.05, 3.63) is 100 Å². The Morgan fingerprint density at radius 2 is 1.58 bits per heavy atom. The van der Waals surface area contributed by atoms with E-state index in [1.54, 1.807) is 48.5 Å². The summed E-state index contributed by atoms with van der Waals surface area (Å²) in [4.78, 5) is 0. The molecule has 3 aromatic carbocycles. The van der Waals surface area contributed by atoms with E-state index in [0.29, 0.717) is 49.0 Å². The zero-order chi connectivity index (χ0) is 26.8. The zero-order valence-corrected chi connectivity index (χ0v) is 21.5. The summed E-state index contributed by atoms with van der Waals surface area (Å²) in [5.41, 5.74) is 3.23. The molecule has 2 nitrogen and oxygen atoms in total. The van der Waals surface area contributed by atoms with Crippen LogP contribution in [0.25, 0.3) is 16.7 Å². The number of rotatable bonds is 9. The van der Waals surface area contributed by atoms with Crippen molar-refractivity contribution >= 4 is 5.57 Å². The smallest absolute Gasteiger partial charge is 0.167 e. The van der Waals surface area contributed by atoms with Gasteiger partial charge in [0.05, 0.1) is 12.7 Å². The predicted molar refractivity (Wildman–Crippen MR) is 140 cm³/mol. The first-order valence-electron chi connectivity index (χ1n) is 13.4. The summed E-state index contributed by atoms with van der Waals surface area (Å²) in [6.07, 6.45) is 5.75. The summed E-state index contributed by atoms with van der Waals surface area (Å²) >= 11 is 0. The molecule has 3 unspecified atom stereocenters. The number of epoxide rings is 1. The van der Waals surface area contributed by atoms with Crippen LogP contribution in [0.2, 0.25) is 0 Å². The Bertz CT molecular complexity index is 1330. The molecule has 1 aliphatic carbocycles. The van der Waals surface area contributed by atoms with Gasteiger partial charge in [-0.3, -0.25) is 0 Å². The fourth-order valence-electron chi connectivity index (χ4n) is 5.40. The average molecular weight is 525 g/mol. The number of hydrogen-bond donors (Lipinski definition) is 1. The van der Waals surface area contributed by atoms with Crippen LogP contribution in [0.15, 0.2) is 54.6 Å². The van der Waals surface area contributed by atoms with Gasteiger partial charge in [0, 0.05) is 16.7 Å². The Labute approximate surface area is 221 Å². The molecular weight excluding hydrogens is 492 g/mol. The van der Waals surface area contributed by atoms with Crippen LogP contribution >= 0.6 is 0 Å². The van der Waals surface area contributed by atoms with Crippen LogP contribution in [0.1, 0.15) is 67.4 Å². The second-order valence-corrected chi connectivity index (χ2v) is 10.4. The van der Waals surface area contributed by atoms with E-state index in [0.717, 1.165) is 30.4 Å². The maximum absolute atomic E-state index is 15.0.